The van der Waals surface area contributed by atoms with Crippen LogP contribution in [0.2, 0.25) is 0 Å². The highest BCUT2D eigenvalue weighted by Crippen LogP contribution is 2.23. The third kappa shape index (κ3) is 3.35. The molecule has 4 heteroatoms. The van der Waals surface area contributed by atoms with E-state index < -0.39 is 0 Å². The Kier molecular flexibility index (Phi) is 5.46. The normalized spacial score (nSPS) is 31.1. The van der Waals surface area contributed by atoms with Gasteiger partial charge in [-0.05, 0) is 41.5 Å². The molecule has 4 nitrogen and oxygen atoms in total. The van der Waals surface area contributed by atoms with Crippen LogP contribution in [0.1, 0.15) is 41.5 Å². The molecule has 20 heavy (non-hydrogen) atoms. The van der Waals surface area contributed by atoms with E-state index in [1.807, 2.05) is 0 Å². The van der Waals surface area contributed by atoms with Gasteiger partial charge in [0, 0.05) is 57.4 Å². The molecule has 0 aliphatic carbocycles. The zero-order valence-corrected chi connectivity index (χ0v) is 14.3. The Morgan fingerprint density at radius 2 is 0.850 bits per heavy atom. The molecule has 0 radical (unpaired) electrons. The van der Waals surface area contributed by atoms with E-state index in [-0.39, 0.29) is 0 Å². The van der Waals surface area contributed by atoms with Crippen LogP contribution in [0.25, 0.3) is 0 Å². The van der Waals surface area contributed by atoms with E-state index >= 15 is 0 Å². The number of nitrogens with zero attached hydrogens (tertiary/aromatic N) is 4. The molecule has 0 aromatic heterocycles. The van der Waals surface area contributed by atoms with Gasteiger partial charge in [-0.2, -0.15) is 0 Å². The van der Waals surface area contributed by atoms with E-state index in [0.29, 0.717) is 24.4 Å². The lowest BCUT2D eigenvalue weighted by atomic mass is 10.1. The summed E-state index contributed by atoms with van der Waals surface area (Å²) in [5.41, 5.74) is 0. The molecule has 3 aliphatic rings. The third-order valence-electron chi connectivity index (χ3n) is 4.90. The molecule has 0 aromatic carbocycles. The van der Waals surface area contributed by atoms with Crippen LogP contribution in [-0.2, 0) is 0 Å². The fraction of sp³-hybridized carbons (Fsp3) is 1.00. The van der Waals surface area contributed by atoms with E-state index in [2.05, 4.69) is 61.1 Å². The van der Waals surface area contributed by atoms with Crippen molar-refractivity contribution in [3.05, 3.63) is 0 Å². The zero-order chi connectivity index (χ0) is 14.9. The molecular weight excluding hydrogens is 248 g/mol. The van der Waals surface area contributed by atoms with E-state index in [1.165, 1.54) is 39.3 Å². The number of rotatable bonds is 3. The van der Waals surface area contributed by atoms with Crippen molar-refractivity contribution in [3.63, 3.8) is 0 Å². The standard InChI is InChI=1S/C16H34N4/c1-13(2)18-10-7-17-8-11-19(14(3)4)16(18)20(12-9-17)15(5)6/h13-16H,7-12H2,1-6H3. The van der Waals surface area contributed by atoms with Crippen LogP contribution in [0.4, 0.5) is 0 Å². The lowest BCUT2D eigenvalue weighted by Crippen LogP contribution is -2.69. The summed E-state index contributed by atoms with van der Waals surface area (Å²) in [5.74, 6) is 0. The Morgan fingerprint density at radius 1 is 0.550 bits per heavy atom. The lowest BCUT2D eigenvalue weighted by molar-refractivity contribution is -0.139. The molecule has 118 valence electrons. The second-order valence-electron chi connectivity index (χ2n) is 7.18. The molecule has 0 aromatic rings. The molecule has 3 saturated heterocycles. The van der Waals surface area contributed by atoms with E-state index in [9.17, 15) is 0 Å². The van der Waals surface area contributed by atoms with Crippen LogP contribution in [0.5, 0.6) is 0 Å². The molecule has 0 saturated carbocycles. The van der Waals surface area contributed by atoms with Gasteiger partial charge in [0.25, 0.3) is 0 Å². The molecule has 0 amide bonds. The molecule has 0 unspecified atom stereocenters. The van der Waals surface area contributed by atoms with Crippen molar-refractivity contribution in [1.82, 2.24) is 19.6 Å². The molecule has 2 bridgehead atoms. The Balaban J connectivity index is 2.35. The van der Waals surface area contributed by atoms with Crippen LogP contribution in [0.15, 0.2) is 0 Å². The first kappa shape index (κ1) is 16.2. The number of fused-ring (bicyclic) bond motifs is 6. The van der Waals surface area contributed by atoms with Crippen molar-refractivity contribution in [2.45, 2.75) is 66.0 Å². The molecule has 3 fully saturated rings. The van der Waals surface area contributed by atoms with Gasteiger partial charge in [0.15, 0.2) is 0 Å². The summed E-state index contributed by atoms with van der Waals surface area (Å²) >= 11 is 0. The van der Waals surface area contributed by atoms with Gasteiger partial charge in [-0.1, -0.05) is 0 Å². The first-order valence-corrected chi connectivity index (χ1v) is 8.41. The Labute approximate surface area is 125 Å². The molecular formula is C16H34N4. The van der Waals surface area contributed by atoms with Crippen molar-refractivity contribution in [2.24, 2.45) is 0 Å². The summed E-state index contributed by atoms with van der Waals surface area (Å²) < 4.78 is 0. The van der Waals surface area contributed by atoms with Gasteiger partial charge < -0.3 is 0 Å². The van der Waals surface area contributed by atoms with Crippen LogP contribution in [0.3, 0.4) is 0 Å². The van der Waals surface area contributed by atoms with E-state index in [1.54, 1.807) is 0 Å². The van der Waals surface area contributed by atoms with Gasteiger partial charge >= 0.3 is 0 Å². The van der Waals surface area contributed by atoms with Crippen molar-refractivity contribution in [3.8, 4) is 0 Å². The predicted octanol–water partition coefficient (Wildman–Crippen LogP) is 1.73. The maximum absolute atomic E-state index is 2.70. The second-order valence-corrected chi connectivity index (χ2v) is 7.18. The van der Waals surface area contributed by atoms with Gasteiger partial charge in [0.1, 0.15) is 6.29 Å². The fourth-order valence-electron chi connectivity index (χ4n) is 3.60. The van der Waals surface area contributed by atoms with E-state index in [0.717, 1.165) is 0 Å². The molecule has 3 aliphatic heterocycles. The fourth-order valence-corrected chi connectivity index (χ4v) is 3.60. The van der Waals surface area contributed by atoms with Crippen LogP contribution < -0.4 is 0 Å². The first-order chi connectivity index (χ1) is 9.41. The SMILES string of the molecule is CC(C)N1CCN2CCN(C(C)C)C1N(C(C)C)CC2. The minimum absolute atomic E-state index is 0.470. The smallest absolute Gasteiger partial charge is 0.120 e. The van der Waals surface area contributed by atoms with Gasteiger partial charge in [-0.3, -0.25) is 19.6 Å². The van der Waals surface area contributed by atoms with Crippen LogP contribution in [-0.4, -0.2) is 83.3 Å². The van der Waals surface area contributed by atoms with Gasteiger partial charge in [0.05, 0.1) is 0 Å². The molecule has 0 atom stereocenters. The summed E-state index contributed by atoms with van der Waals surface area (Å²) in [4.78, 5) is 10.7. The summed E-state index contributed by atoms with van der Waals surface area (Å²) in [7, 11) is 0. The Hall–Kier alpha value is -0.160. The summed E-state index contributed by atoms with van der Waals surface area (Å²) in [5, 5.41) is 0. The minimum Gasteiger partial charge on any atom is -0.300 e. The largest absolute Gasteiger partial charge is 0.300 e. The molecule has 3 heterocycles. The Bertz CT molecular complexity index is 255. The number of hydrogen-bond donors (Lipinski definition) is 0. The van der Waals surface area contributed by atoms with Crippen LogP contribution >= 0.6 is 0 Å². The van der Waals surface area contributed by atoms with Crippen molar-refractivity contribution < 1.29 is 0 Å². The molecule has 0 spiro atoms. The van der Waals surface area contributed by atoms with Gasteiger partial charge in [-0.25, -0.2) is 0 Å². The maximum atomic E-state index is 2.70. The quantitative estimate of drug-likeness (QED) is 0.781. The Morgan fingerprint density at radius 3 is 1.10 bits per heavy atom. The minimum atomic E-state index is 0.470. The van der Waals surface area contributed by atoms with E-state index in [4.69, 9.17) is 0 Å². The van der Waals surface area contributed by atoms with Crippen molar-refractivity contribution >= 4 is 0 Å². The molecule has 3 rings (SSSR count). The maximum Gasteiger partial charge on any atom is 0.120 e. The highest BCUT2D eigenvalue weighted by molar-refractivity contribution is 4.87. The zero-order valence-electron chi connectivity index (χ0n) is 14.3. The summed E-state index contributed by atoms with van der Waals surface area (Å²) in [6, 6.07) is 1.79. The number of hydrogen-bond acceptors (Lipinski definition) is 4. The highest BCUT2D eigenvalue weighted by Gasteiger charge is 2.38. The van der Waals surface area contributed by atoms with Crippen molar-refractivity contribution in [2.75, 3.05) is 39.3 Å². The van der Waals surface area contributed by atoms with Crippen molar-refractivity contribution in [1.29, 1.82) is 0 Å². The monoisotopic (exact) mass is 282 g/mol. The summed E-state index contributed by atoms with van der Waals surface area (Å²) in [6.45, 7) is 21.3. The average molecular weight is 282 g/mol. The second kappa shape index (κ2) is 6.73. The van der Waals surface area contributed by atoms with Gasteiger partial charge in [0.2, 0.25) is 0 Å². The predicted molar refractivity (Wildman–Crippen MR) is 85.8 cm³/mol. The topological polar surface area (TPSA) is 13.0 Å². The van der Waals surface area contributed by atoms with Gasteiger partial charge in [-0.15, -0.1) is 0 Å². The van der Waals surface area contributed by atoms with Crippen LogP contribution in [0, 0.1) is 0 Å². The third-order valence-corrected chi connectivity index (χ3v) is 4.90. The highest BCUT2D eigenvalue weighted by atomic mass is 15.5. The first-order valence-electron chi connectivity index (χ1n) is 8.41. The molecule has 0 N–H and O–H groups in total. The summed E-state index contributed by atoms with van der Waals surface area (Å²) in [6.07, 6.45) is 0.470. The lowest BCUT2D eigenvalue weighted by Gasteiger charge is -2.54. The average Bonchev–Trinajstić information content (AvgIpc) is 2.25.